The van der Waals surface area contributed by atoms with E-state index in [0.717, 1.165) is 5.56 Å². The number of amides is 1. The van der Waals surface area contributed by atoms with Crippen LogP contribution < -0.4 is 0 Å². The minimum Gasteiger partial charge on any atom is -0.480 e. The van der Waals surface area contributed by atoms with E-state index < -0.39 is 12.0 Å². The molecule has 124 valence electrons. The third-order valence-corrected chi connectivity index (χ3v) is 5.06. The average Bonchev–Trinajstić information content (AvgIpc) is 2.85. The Labute approximate surface area is 144 Å². The zero-order valence-electron chi connectivity index (χ0n) is 12.7. The maximum absolute atomic E-state index is 12.2. The number of benzene rings is 1. The number of carboxylic acids is 1. The first-order valence-electron chi connectivity index (χ1n) is 7.27. The van der Waals surface area contributed by atoms with Gasteiger partial charge < -0.3 is 10.0 Å². The number of carbonyl (C=O) groups is 3. The summed E-state index contributed by atoms with van der Waals surface area (Å²) in [6.45, 7) is 1.86. The molecule has 0 bridgehead atoms. The van der Waals surface area contributed by atoms with E-state index in [9.17, 15) is 19.5 Å². The maximum atomic E-state index is 12.2. The Morgan fingerprint density at radius 1 is 1.39 bits per heavy atom. The number of nitrogens with zero attached hydrogens (tertiary/aromatic N) is 1. The lowest BCUT2D eigenvalue weighted by molar-refractivity contribution is -0.148. The van der Waals surface area contributed by atoms with E-state index in [0.29, 0.717) is 23.7 Å². The summed E-state index contributed by atoms with van der Waals surface area (Å²) in [6, 6.07) is 6.04. The van der Waals surface area contributed by atoms with E-state index in [-0.39, 0.29) is 23.4 Å². The normalized spacial score (nSPS) is 19.0. The summed E-state index contributed by atoms with van der Waals surface area (Å²) < 4.78 is 0. The third-order valence-electron chi connectivity index (χ3n) is 3.76. The van der Waals surface area contributed by atoms with Crippen molar-refractivity contribution in [2.24, 2.45) is 5.92 Å². The second-order valence-electron chi connectivity index (χ2n) is 5.60. The Bertz CT molecular complexity index is 605. The molecule has 1 saturated heterocycles. The Morgan fingerprint density at radius 3 is 2.61 bits per heavy atom. The van der Waals surface area contributed by atoms with Crippen LogP contribution >= 0.6 is 23.4 Å². The molecule has 1 fully saturated rings. The van der Waals surface area contributed by atoms with Crippen LogP contribution in [0.1, 0.15) is 18.9 Å². The molecule has 1 N–H and O–H groups in total. The molecule has 0 spiro atoms. The van der Waals surface area contributed by atoms with Gasteiger partial charge in [-0.2, -0.15) is 0 Å². The van der Waals surface area contributed by atoms with Crippen molar-refractivity contribution in [3.8, 4) is 0 Å². The summed E-state index contributed by atoms with van der Waals surface area (Å²) in [6.07, 6.45) is 0.537. The monoisotopic (exact) mass is 355 g/mol. The first-order chi connectivity index (χ1) is 10.9. The fourth-order valence-corrected chi connectivity index (χ4v) is 3.45. The predicted octanol–water partition coefficient (Wildman–Crippen LogP) is 2.46. The topological polar surface area (TPSA) is 74.7 Å². The van der Waals surface area contributed by atoms with Crippen molar-refractivity contribution >= 4 is 40.4 Å². The second kappa shape index (κ2) is 7.84. The Kier molecular flexibility index (Phi) is 6.07. The molecular weight excluding hydrogens is 338 g/mol. The van der Waals surface area contributed by atoms with Crippen LogP contribution in [0.2, 0.25) is 5.02 Å². The van der Waals surface area contributed by atoms with Crippen molar-refractivity contribution in [3.63, 3.8) is 0 Å². The number of carboxylic acid groups (broad SMARTS) is 1. The average molecular weight is 356 g/mol. The quantitative estimate of drug-likeness (QED) is 0.848. The molecule has 2 rings (SSSR count). The molecule has 7 heteroatoms. The number of aliphatic carboxylic acids is 1. The van der Waals surface area contributed by atoms with Gasteiger partial charge in [-0.05, 0) is 23.6 Å². The van der Waals surface area contributed by atoms with Gasteiger partial charge in [0.25, 0.3) is 0 Å². The van der Waals surface area contributed by atoms with E-state index in [1.165, 1.54) is 23.6 Å². The van der Waals surface area contributed by atoms with Gasteiger partial charge in [-0.1, -0.05) is 35.5 Å². The largest absolute Gasteiger partial charge is 0.480 e. The van der Waals surface area contributed by atoms with Crippen molar-refractivity contribution in [1.29, 1.82) is 0 Å². The van der Waals surface area contributed by atoms with E-state index >= 15 is 0 Å². The molecule has 5 nitrogen and oxygen atoms in total. The highest BCUT2D eigenvalue weighted by molar-refractivity contribution is 8.13. The smallest absolute Gasteiger partial charge is 0.326 e. The summed E-state index contributed by atoms with van der Waals surface area (Å²) >= 11 is 7.01. The Balaban J connectivity index is 2.05. The molecule has 0 aromatic heterocycles. The van der Waals surface area contributed by atoms with Gasteiger partial charge in [0, 0.05) is 37.1 Å². The number of carbonyl (C=O) groups excluding carboxylic acids is 2. The fraction of sp³-hybridized carbons (Fsp3) is 0.438. The maximum Gasteiger partial charge on any atom is 0.326 e. The lowest BCUT2D eigenvalue weighted by Gasteiger charge is -2.25. The van der Waals surface area contributed by atoms with Gasteiger partial charge in [0.1, 0.15) is 6.04 Å². The van der Waals surface area contributed by atoms with Crippen molar-refractivity contribution < 1.29 is 19.5 Å². The molecule has 0 aliphatic carbocycles. The van der Waals surface area contributed by atoms with Crippen molar-refractivity contribution in [3.05, 3.63) is 34.9 Å². The molecule has 0 radical (unpaired) electrons. The SMILES string of the molecule is CC(=O)SCC1CC(=O)N(C(Cc2ccc(Cl)cc2)C(=O)O)C1. The highest BCUT2D eigenvalue weighted by atomic mass is 35.5. The van der Waals surface area contributed by atoms with Gasteiger partial charge in [0.15, 0.2) is 5.12 Å². The summed E-state index contributed by atoms with van der Waals surface area (Å²) in [7, 11) is 0. The lowest BCUT2D eigenvalue weighted by Crippen LogP contribution is -2.43. The fourth-order valence-electron chi connectivity index (χ4n) is 2.63. The van der Waals surface area contributed by atoms with Crippen molar-refractivity contribution in [2.45, 2.75) is 25.8 Å². The van der Waals surface area contributed by atoms with Crippen LogP contribution in [0.25, 0.3) is 0 Å². The molecule has 1 aliphatic rings. The summed E-state index contributed by atoms with van der Waals surface area (Å²) in [4.78, 5) is 36.2. The summed E-state index contributed by atoms with van der Waals surface area (Å²) in [5, 5.41) is 10.1. The van der Waals surface area contributed by atoms with Gasteiger partial charge in [0.05, 0.1) is 0 Å². The molecule has 1 aromatic carbocycles. The Hall–Kier alpha value is -1.53. The molecule has 0 saturated carbocycles. The summed E-state index contributed by atoms with van der Waals surface area (Å²) in [5.74, 6) is -0.623. The molecule has 2 unspecified atom stereocenters. The van der Waals surface area contributed by atoms with Gasteiger partial charge in [-0.15, -0.1) is 0 Å². The highest BCUT2D eigenvalue weighted by Gasteiger charge is 2.37. The first-order valence-corrected chi connectivity index (χ1v) is 8.63. The highest BCUT2D eigenvalue weighted by Crippen LogP contribution is 2.25. The van der Waals surface area contributed by atoms with Gasteiger partial charge in [-0.25, -0.2) is 4.79 Å². The molecule has 1 aliphatic heterocycles. The molecule has 1 aromatic rings. The lowest BCUT2D eigenvalue weighted by atomic mass is 10.0. The minimum atomic E-state index is -1.02. The van der Waals surface area contributed by atoms with Gasteiger partial charge in [-0.3, -0.25) is 9.59 Å². The first kappa shape index (κ1) is 17.8. The number of rotatable bonds is 6. The predicted molar refractivity (Wildman–Crippen MR) is 89.5 cm³/mol. The minimum absolute atomic E-state index is 0.00634. The van der Waals surface area contributed by atoms with Crippen molar-refractivity contribution in [2.75, 3.05) is 12.3 Å². The number of hydrogen-bond acceptors (Lipinski definition) is 4. The zero-order chi connectivity index (χ0) is 17.0. The van der Waals surface area contributed by atoms with E-state index in [1.807, 2.05) is 0 Å². The molecule has 23 heavy (non-hydrogen) atoms. The third kappa shape index (κ3) is 4.97. The number of thioether (sulfide) groups is 1. The Morgan fingerprint density at radius 2 is 2.04 bits per heavy atom. The molecule has 1 heterocycles. The van der Waals surface area contributed by atoms with Gasteiger partial charge in [0.2, 0.25) is 5.91 Å². The van der Waals surface area contributed by atoms with Crippen LogP contribution in [0.15, 0.2) is 24.3 Å². The summed E-state index contributed by atoms with van der Waals surface area (Å²) in [5.41, 5.74) is 0.816. The number of halogens is 1. The van der Waals surface area contributed by atoms with E-state index in [4.69, 9.17) is 11.6 Å². The van der Waals surface area contributed by atoms with E-state index in [1.54, 1.807) is 24.3 Å². The van der Waals surface area contributed by atoms with Crippen LogP contribution in [0.5, 0.6) is 0 Å². The van der Waals surface area contributed by atoms with Crippen LogP contribution in [0.4, 0.5) is 0 Å². The standard InChI is InChI=1S/C16H18ClNO4S/c1-10(19)23-9-12-7-15(20)18(8-12)14(16(21)22)6-11-2-4-13(17)5-3-11/h2-5,12,14H,6-9H2,1H3,(H,21,22). The van der Waals surface area contributed by atoms with Crippen LogP contribution in [-0.4, -0.2) is 45.3 Å². The zero-order valence-corrected chi connectivity index (χ0v) is 14.3. The van der Waals surface area contributed by atoms with Crippen molar-refractivity contribution in [1.82, 2.24) is 4.90 Å². The van der Waals surface area contributed by atoms with Gasteiger partial charge >= 0.3 is 5.97 Å². The number of hydrogen-bond donors (Lipinski definition) is 1. The molecule has 1 amide bonds. The van der Waals surface area contributed by atoms with E-state index in [2.05, 4.69) is 0 Å². The second-order valence-corrected chi connectivity index (χ2v) is 7.24. The van der Waals surface area contributed by atoms with Crippen LogP contribution in [0, 0.1) is 5.92 Å². The van der Waals surface area contributed by atoms with Crippen LogP contribution in [0.3, 0.4) is 0 Å². The molecule has 2 atom stereocenters. The van der Waals surface area contributed by atoms with Crippen LogP contribution in [-0.2, 0) is 20.8 Å². The number of likely N-dealkylation sites (tertiary alicyclic amines) is 1. The molecular formula is C16H18ClNO4S.